The Labute approximate surface area is 125 Å². The van der Waals surface area contributed by atoms with Gasteiger partial charge in [0.15, 0.2) is 0 Å². The Balaban J connectivity index is 2.64. The average Bonchev–Trinajstić information content (AvgIpc) is 2.31. The standard InChI is InChI=1S/C15H24N4O2/c1-10(2)7-19(8-14(17)20)9-15(21)18-12-5-4-11(3)13(16)6-12/h4-6,10H,7-9,16H2,1-3H3,(H2,17,20)(H,18,21). The summed E-state index contributed by atoms with van der Waals surface area (Å²) in [6, 6.07) is 5.36. The number of carbonyl (C=O) groups excluding carboxylic acids is 2. The number of aryl methyl sites for hydroxylation is 1. The zero-order chi connectivity index (χ0) is 16.0. The summed E-state index contributed by atoms with van der Waals surface area (Å²) in [5.74, 6) is -0.296. The van der Waals surface area contributed by atoms with Crippen LogP contribution >= 0.6 is 0 Å². The van der Waals surface area contributed by atoms with Crippen LogP contribution in [-0.4, -0.2) is 36.3 Å². The van der Waals surface area contributed by atoms with Crippen LogP contribution < -0.4 is 16.8 Å². The first-order chi connectivity index (χ1) is 9.77. The maximum Gasteiger partial charge on any atom is 0.238 e. The fraction of sp³-hybridized carbons (Fsp3) is 0.467. The van der Waals surface area contributed by atoms with Crippen molar-refractivity contribution in [2.75, 3.05) is 30.7 Å². The molecule has 6 heteroatoms. The molecule has 0 radical (unpaired) electrons. The third-order valence-electron chi connectivity index (χ3n) is 2.93. The monoisotopic (exact) mass is 292 g/mol. The van der Waals surface area contributed by atoms with Crippen LogP contribution in [0.25, 0.3) is 0 Å². The molecule has 1 aromatic carbocycles. The number of nitrogen functional groups attached to an aromatic ring is 1. The first-order valence-corrected chi connectivity index (χ1v) is 6.94. The second kappa shape index (κ2) is 7.64. The van der Waals surface area contributed by atoms with Crippen LogP contribution in [-0.2, 0) is 9.59 Å². The lowest BCUT2D eigenvalue weighted by Gasteiger charge is -2.22. The van der Waals surface area contributed by atoms with Crippen molar-refractivity contribution in [1.29, 1.82) is 0 Å². The lowest BCUT2D eigenvalue weighted by molar-refractivity contribution is -0.121. The van der Waals surface area contributed by atoms with Crippen molar-refractivity contribution < 1.29 is 9.59 Å². The molecule has 6 nitrogen and oxygen atoms in total. The number of anilines is 2. The molecule has 0 aliphatic heterocycles. The van der Waals surface area contributed by atoms with E-state index in [1.807, 2.05) is 26.8 Å². The Morgan fingerprint density at radius 2 is 1.95 bits per heavy atom. The van der Waals surface area contributed by atoms with E-state index in [9.17, 15) is 9.59 Å². The van der Waals surface area contributed by atoms with Gasteiger partial charge in [-0.15, -0.1) is 0 Å². The molecule has 0 atom stereocenters. The predicted octanol–water partition coefficient (Wildman–Crippen LogP) is 0.959. The molecule has 0 spiro atoms. The van der Waals surface area contributed by atoms with Crippen LogP contribution in [0.2, 0.25) is 0 Å². The van der Waals surface area contributed by atoms with Crippen molar-refractivity contribution in [2.24, 2.45) is 11.7 Å². The zero-order valence-electron chi connectivity index (χ0n) is 12.8. The Bertz CT molecular complexity index is 514. The molecule has 0 aliphatic rings. The quantitative estimate of drug-likeness (QED) is 0.651. The molecule has 21 heavy (non-hydrogen) atoms. The summed E-state index contributed by atoms with van der Waals surface area (Å²) in [6.07, 6.45) is 0. The van der Waals surface area contributed by atoms with Gasteiger partial charge in [-0.1, -0.05) is 19.9 Å². The molecule has 0 heterocycles. The van der Waals surface area contributed by atoms with Crippen molar-refractivity contribution in [2.45, 2.75) is 20.8 Å². The molecule has 1 rings (SSSR count). The summed E-state index contributed by atoms with van der Waals surface area (Å²) in [5.41, 5.74) is 13.2. The highest BCUT2D eigenvalue weighted by Crippen LogP contribution is 2.16. The summed E-state index contributed by atoms with van der Waals surface area (Å²) in [5, 5.41) is 2.77. The van der Waals surface area contributed by atoms with Crippen LogP contribution in [0.15, 0.2) is 18.2 Å². The second-order valence-electron chi connectivity index (χ2n) is 5.65. The van der Waals surface area contributed by atoms with Gasteiger partial charge in [-0.2, -0.15) is 0 Å². The Morgan fingerprint density at radius 3 is 2.48 bits per heavy atom. The number of rotatable bonds is 7. The normalized spacial score (nSPS) is 10.9. The highest BCUT2D eigenvalue weighted by atomic mass is 16.2. The summed E-state index contributed by atoms with van der Waals surface area (Å²) in [6.45, 7) is 6.76. The van der Waals surface area contributed by atoms with E-state index in [1.165, 1.54) is 0 Å². The molecule has 0 fully saturated rings. The van der Waals surface area contributed by atoms with Gasteiger partial charge in [-0.05, 0) is 30.5 Å². The Morgan fingerprint density at radius 1 is 1.29 bits per heavy atom. The number of hydrogen-bond acceptors (Lipinski definition) is 4. The fourth-order valence-electron chi connectivity index (χ4n) is 2.04. The molecule has 5 N–H and O–H groups in total. The van der Waals surface area contributed by atoms with E-state index in [2.05, 4.69) is 5.32 Å². The van der Waals surface area contributed by atoms with Gasteiger partial charge in [0, 0.05) is 17.9 Å². The maximum atomic E-state index is 12.0. The van der Waals surface area contributed by atoms with Crippen LogP contribution in [0, 0.1) is 12.8 Å². The molecule has 0 bridgehead atoms. The highest BCUT2D eigenvalue weighted by Gasteiger charge is 2.14. The minimum atomic E-state index is -0.442. The Hall–Kier alpha value is -2.08. The van der Waals surface area contributed by atoms with Gasteiger partial charge >= 0.3 is 0 Å². The van der Waals surface area contributed by atoms with Crippen LogP contribution in [0.5, 0.6) is 0 Å². The van der Waals surface area contributed by atoms with Crippen molar-refractivity contribution in [3.63, 3.8) is 0 Å². The lowest BCUT2D eigenvalue weighted by atomic mass is 10.2. The number of nitrogens with one attached hydrogen (secondary N) is 1. The number of hydrogen-bond donors (Lipinski definition) is 3. The molecular formula is C15H24N4O2. The number of carbonyl (C=O) groups is 2. The number of amides is 2. The number of nitrogens with zero attached hydrogens (tertiary/aromatic N) is 1. The number of nitrogens with two attached hydrogens (primary N) is 2. The third-order valence-corrected chi connectivity index (χ3v) is 2.93. The molecule has 116 valence electrons. The number of benzene rings is 1. The van der Waals surface area contributed by atoms with Gasteiger partial charge in [0.05, 0.1) is 13.1 Å². The van der Waals surface area contributed by atoms with Gasteiger partial charge in [0.2, 0.25) is 11.8 Å². The van der Waals surface area contributed by atoms with E-state index >= 15 is 0 Å². The Kier molecular flexibility index (Phi) is 6.17. The average molecular weight is 292 g/mol. The summed E-state index contributed by atoms with van der Waals surface area (Å²) in [7, 11) is 0. The smallest absolute Gasteiger partial charge is 0.238 e. The summed E-state index contributed by atoms with van der Waals surface area (Å²) < 4.78 is 0. The molecule has 1 aromatic rings. The second-order valence-corrected chi connectivity index (χ2v) is 5.65. The van der Waals surface area contributed by atoms with E-state index < -0.39 is 5.91 Å². The first kappa shape index (κ1) is 17.0. The van der Waals surface area contributed by atoms with Crippen LogP contribution in [0.1, 0.15) is 19.4 Å². The first-order valence-electron chi connectivity index (χ1n) is 6.94. The van der Waals surface area contributed by atoms with Crippen LogP contribution in [0.4, 0.5) is 11.4 Å². The highest BCUT2D eigenvalue weighted by molar-refractivity contribution is 5.93. The summed E-state index contributed by atoms with van der Waals surface area (Å²) in [4.78, 5) is 24.8. The van der Waals surface area contributed by atoms with Gasteiger partial charge in [-0.25, -0.2) is 0 Å². The number of primary amides is 1. The SMILES string of the molecule is Cc1ccc(NC(=O)CN(CC(N)=O)CC(C)C)cc1N. The van der Waals surface area contributed by atoms with Gasteiger partial charge in [0.25, 0.3) is 0 Å². The molecule has 2 amide bonds. The molecule has 0 aliphatic carbocycles. The zero-order valence-corrected chi connectivity index (χ0v) is 12.8. The minimum absolute atomic E-state index is 0.0711. The van der Waals surface area contributed by atoms with E-state index in [0.717, 1.165) is 5.56 Å². The topological polar surface area (TPSA) is 101 Å². The summed E-state index contributed by atoms with van der Waals surface area (Å²) >= 11 is 0. The van der Waals surface area contributed by atoms with Gasteiger partial charge in [-0.3, -0.25) is 14.5 Å². The third kappa shape index (κ3) is 6.27. The van der Waals surface area contributed by atoms with E-state index in [0.29, 0.717) is 23.8 Å². The molecule has 0 saturated carbocycles. The van der Waals surface area contributed by atoms with Gasteiger partial charge in [0.1, 0.15) is 0 Å². The fourth-order valence-corrected chi connectivity index (χ4v) is 2.04. The maximum absolute atomic E-state index is 12.0. The van der Waals surface area contributed by atoms with Crippen molar-refractivity contribution in [1.82, 2.24) is 4.90 Å². The molecule has 0 unspecified atom stereocenters. The predicted molar refractivity (Wildman–Crippen MR) is 84.7 cm³/mol. The van der Waals surface area contributed by atoms with Crippen molar-refractivity contribution in [3.8, 4) is 0 Å². The van der Waals surface area contributed by atoms with E-state index in [4.69, 9.17) is 11.5 Å². The van der Waals surface area contributed by atoms with E-state index in [-0.39, 0.29) is 19.0 Å². The molecular weight excluding hydrogens is 268 g/mol. The minimum Gasteiger partial charge on any atom is -0.398 e. The molecule has 0 aromatic heterocycles. The van der Waals surface area contributed by atoms with E-state index in [1.54, 1.807) is 17.0 Å². The largest absolute Gasteiger partial charge is 0.398 e. The van der Waals surface area contributed by atoms with Crippen LogP contribution in [0.3, 0.4) is 0 Å². The van der Waals surface area contributed by atoms with Crippen molar-refractivity contribution in [3.05, 3.63) is 23.8 Å². The molecule has 0 saturated heterocycles. The lowest BCUT2D eigenvalue weighted by Crippen LogP contribution is -2.41. The van der Waals surface area contributed by atoms with Gasteiger partial charge < -0.3 is 16.8 Å². The van der Waals surface area contributed by atoms with Crippen molar-refractivity contribution >= 4 is 23.2 Å².